The number of benzene rings is 2. The lowest BCUT2D eigenvalue weighted by molar-refractivity contribution is 0.0978. The van der Waals surface area contributed by atoms with E-state index in [4.69, 9.17) is 22.1 Å². The van der Waals surface area contributed by atoms with Crippen molar-refractivity contribution in [1.82, 2.24) is 29.0 Å². The van der Waals surface area contributed by atoms with Crippen LogP contribution in [0.2, 0.25) is 0 Å². The molecule has 1 aromatic heterocycles. The third-order valence-corrected chi connectivity index (χ3v) is 7.45. The normalized spacial score (nSPS) is 17.5. The first-order chi connectivity index (χ1) is 16.9. The van der Waals surface area contributed by atoms with Gasteiger partial charge in [0.15, 0.2) is 5.82 Å². The van der Waals surface area contributed by atoms with E-state index in [0.29, 0.717) is 11.4 Å². The van der Waals surface area contributed by atoms with Crippen molar-refractivity contribution in [3.05, 3.63) is 70.0 Å². The molecule has 1 fully saturated rings. The summed E-state index contributed by atoms with van der Waals surface area (Å²) in [5, 5.41) is 4.92. The Balaban J connectivity index is 1.27. The molecule has 9 heteroatoms. The summed E-state index contributed by atoms with van der Waals surface area (Å²) in [6.07, 6.45) is 1.01. The number of fused-ring (bicyclic) bond motifs is 1. The Bertz CT molecular complexity index is 1230. The average molecular weight is 497 g/mol. The summed E-state index contributed by atoms with van der Waals surface area (Å²) < 4.78 is 23.7. The molecule has 35 heavy (non-hydrogen) atoms. The zero-order valence-electron chi connectivity index (χ0n) is 20.7. The summed E-state index contributed by atoms with van der Waals surface area (Å²) >= 11 is 5.85. The topological polar surface area (TPSA) is 41.7 Å². The van der Waals surface area contributed by atoms with Gasteiger partial charge in [0.05, 0.1) is 19.3 Å². The molecule has 2 aliphatic heterocycles. The van der Waals surface area contributed by atoms with Crippen molar-refractivity contribution in [2.24, 2.45) is 0 Å². The van der Waals surface area contributed by atoms with E-state index in [0.717, 1.165) is 63.0 Å². The van der Waals surface area contributed by atoms with E-state index in [1.165, 1.54) is 23.3 Å². The molecule has 0 N–H and O–H groups in total. The van der Waals surface area contributed by atoms with Crippen LogP contribution in [0.15, 0.2) is 42.5 Å². The van der Waals surface area contributed by atoms with Gasteiger partial charge in [0.2, 0.25) is 4.77 Å². The quantitative estimate of drug-likeness (QED) is 0.463. The maximum absolute atomic E-state index is 13.6. The number of aromatic nitrogens is 3. The Labute approximate surface area is 211 Å². The first kappa shape index (κ1) is 24.1. The number of rotatable bonds is 7. The fourth-order valence-corrected chi connectivity index (χ4v) is 5.02. The molecule has 2 aromatic carbocycles. The number of piperazine rings is 1. The molecule has 5 rings (SSSR count). The highest BCUT2D eigenvalue weighted by molar-refractivity contribution is 7.71. The molecule has 0 saturated carbocycles. The molecule has 7 nitrogen and oxygen atoms in total. The van der Waals surface area contributed by atoms with Crippen LogP contribution in [0.4, 0.5) is 4.39 Å². The second-order valence-corrected chi connectivity index (χ2v) is 10.0. The highest BCUT2D eigenvalue weighted by Gasteiger charge is 2.23. The molecule has 1 unspecified atom stereocenters. The van der Waals surface area contributed by atoms with Crippen molar-refractivity contribution >= 4 is 12.2 Å². The number of ether oxygens (including phenoxy) is 1. The minimum atomic E-state index is -0.263. The van der Waals surface area contributed by atoms with Crippen LogP contribution >= 0.6 is 12.2 Å². The molecule has 0 radical (unpaired) electrons. The maximum atomic E-state index is 13.6. The fraction of sp³-hybridized carbons (Fsp3) is 0.462. The third kappa shape index (κ3) is 5.18. The molecule has 3 aromatic rings. The molecule has 0 amide bonds. The SMILES string of the molecule is CC(c1nn(CN2CCN(Cc3ccc4c(c3)CCO4)CC2)c(=S)n1-c1ccc(F)cc1)N(C)C. The van der Waals surface area contributed by atoms with Crippen LogP contribution in [-0.2, 0) is 19.6 Å². The molecule has 0 spiro atoms. The van der Waals surface area contributed by atoms with Crippen molar-refractivity contribution in [2.45, 2.75) is 32.6 Å². The van der Waals surface area contributed by atoms with Gasteiger partial charge in [0, 0.05) is 44.8 Å². The van der Waals surface area contributed by atoms with Gasteiger partial charge in [-0.05, 0) is 74.7 Å². The number of halogens is 1. The van der Waals surface area contributed by atoms with E-state index in [1.54, 1.807) is 12.1 Å². The Hall–Kier alpha value is -2.59. The maximum Gasteiger partial charge on any atom is 0.203 e. The highest BCUT2D eigenvalue weighted by atomic mass is 32.1. The van der Waals surface area contributed by atoms with Crippen LogP contribution in [0.3, 0.4) is 0 Å². The van der Waals surface area contributed by atoms with Crippen molar-refractivity contribution in [1.29, 1.82) is 0 Å². The van der Waals surface area contributed by atoms with Crippen LogP contribution < -0.4 is 4.74 Å². The molecular weight excluding hydrogens is 463 g/mol. The van der Waals surface area contributed by atoms with Gasteiger partial charge in [-0.1, -0.05) is 12.1 Å². The molecule has 0 aliphatic carbocycles. The summed E-state index contributed by atoms with van der Waals surface area (Å²) in [6.45, 7) is 8.42. The van der Waals surface area contributed by atoms with Crippen molar-refractivity contribution < 1.29 is 9.13 Å². The van der Waals surface area contributed by atoms with Crippen LogP contribution in [0.5, 0.6) is 5.75 Å². The van der Waals surface area contributed by atoms with Gasteiger partial charge in [-0.2, -0.15) is 5.10 Å². The zero-order valence-corrected chi connectivity index (χ0v) is 21.5. The van der Waals surface area contributed by atoms with Crippen LogP contribution in [0.1, 0.15) is 29.9 Å². The van der Waals surface area contributed by atoms with Gasteiger partial charge in [-0.15, -0.1) is 0 Å². The first-order valence-electron chi connectivity index (χ1n) is 12.2. The van der Waals surface area contributed by atoms with Gasteiger partial charge in [-0.3, -0.25) is 19.3 Å². The summed E-state index contributed by atoms with van der Waals surface area (Å²) in [5.74, 6) is 1.63. The minimum absolute atomic E-state index is 0.0533. The van der Waals surface area contributed by atoms with Crippen LogP contribution in [0, 0.1) is 10.6 Å². The Morgan fingerprint density at radius 2 is 1.77 bits per heavy atom. The second-order valence-electron chi connectivity index (χ2n) is 9.67. The molecule has 1 saturated heterocycles. The lowest BCUT2D eigenvalue weighted by atomic mass is 10.1. The average Bonchev–Trinajstić information content (AvgIpc) is 3.44. The van der Waals surface area contributed by atoms with Crippen molar-refractivity contribution in [3.63, 3.8) is 0 Å². The summed E-state index contributed by atoms with van der Waals surface area (Å²) in [7, 11) is 4.05. The van der Waals surface area contributed by atoms with E-state index in [2.05, 4.69) is 39.8 Å². The molecule has 186 valence electrons. The largest absolute Gasteiger partial charge is 0.493 e. The number of hydrogen-bond acceptors (Lipinski definition) is 6. The second kappa shape index (κ2) is 10.2. The van der Waals surface area contributed by atoms with Crippen LogP contribution in [-0.4, -0.2) is 75.9 Å². The lowest BCUT2D eigenvalue weighted by Gasteiger charge is -2.34. The van der Waals surface area contributed by atoms with Gasteiger partial charge >= 0.3 is 0 Å². The van der Waals surface area contributed by atoms with E-state index >= 15 is 0 Å². The Morgan fingerprint density at radius 1 is 1.06 bits per heavy atom. The zero-order chi connectivity index (χ0) is 24.5. The van der Waals surface area contributed by atoms with Crippen LogP contribution in [0.25, 0.3) is 5.69 Å². The van der Waals surface area contributed by atoms with Crippen molar-refractivity contribution in [3.8, 4) is 11.4 Å². The van der Waals surface area contributed by atoms with Gasteiger partial charge < -0.3 is 4.74 Å². The van der Waals surface area contributed by atoms with E-state index in [9.17, 15) is 4.39 Å². The molecule has 3 heterocycles. The van der Waals surface area contributed by atoms with Gasteiger partial charge in [0.1, 0.15) is 11.6 Å². The monoisotopic (exact) mass is 496 g/mol. The van der Waals surface area contributed by atoms with Gasteiger partial charge in [-0.25, -0.2) is 9.07 Å². The minimum Gasteiger partial charge on any atom is -0.493 e. The fourth-order valence-electron chi connectivity index (χ4n) is 4.73. The Morgan fingerprint density at radius 3 is 2.49 bits per heavy atom. The Kier molecular flexibility index (Phi) is 7.02. The third-order valence-electron chi connectivity index (χ3n) is 7.06. The van der Waals surface area contributed by atoms with Crippen molar-refractivity contribution in [2.75, 3.05) is 46.9 Å². The van der Waals surface area contributed by atoms with Gasteiger partial charge in [0.25, 0.3) is 0 Å². The molecule has 0 bridgehead atoms. The molecular formula is C26H33FN6OS. The first-order valence-corrected chi connectivity index (χ1v) is 12.6. The van der Waals surface area contributed by atoms with E-state index < -0.39 is 0 Å². The lowest BCUT2D eigenvalue weighted by Crippen LogP contribution is -2.46. The highest BCUT2D eigenvalue weighted by Crippen LogP contribution is 2.27. The standard InChI is InChI=1S/C26H33FN6OS/c1-19(29(2)3)25-28-32(26(35)33(25)23-7-5-22(27)6-8-23)18-31-13-11-30(12-14-31)17-20-4-9-24-21(16-20)10-15-34-24/h4-9,16,19H,10-15,17-18H2,1-3H3. The summed E-state index contributed by atoms with van der Waals surface area (Å²) in [6, 6.07) is 13.1. The van der Waals surface area contributed by atoms with E-state index in [-0.39, 0.29) is 11.9 Å². The number of nitrogens with zero attached hydrogens (tertiary/aromatic N) is 6. The summed E-state index contributed by atoms with van der Waals surface area (Å²) in [5.41, 5.74) is 3.51. The molecule has 2 aliphatic rings. The number of hydrogen-bond donors (Lipinski definition) is 0. The predicted octanol–water partition coefficient (Wildman–Crippen LogP) is 3.88. The predicted molar refractivity (Wildman–Crippen MR) is 137 cm³/mol. The molecule has 1 atom stereocenters. The summed E-state index contributed by atoms with van der Waals surface area (Å²) in [4.78, 5) is 7.00. The smallest absolute Gasteiger partial charge is 0.203 e. The van der Waals surface area contributed by atoms with E-state index in [1.807, 2.05) is 23.3 Å².